The van der Waals surface area contributed by atoms with Gasteiger partial charge in [0.25, 0.3) is 0 Å². The molecular weight excluding hydrogens is 532 g/mol. The Balaban J connectivity index is 1.27. The molecule has 2 fully saturated rings. The summed E-state index contributed by atoms with van der Waals surface area (Å²) in [6.07, 6.45) is -3.18. The Morgan fingerprint density at radius 2 is 1.12 bits per heavy atom. The fourth-order valence-electron chi connectivity index (χ4n) is 5.26. The predicted octanol–water partition coefficient (Wildman–Crippen LogP) is 6.22. The summed E-state index contributed by atoms with van der Waals surface area (Å²) in [6, 6.07) is 37.9. The van der Waals surface area contributed by atoms with Crippen molar-refractivity contribution >= 4 is 0 Å². The maximum atomic E-state index is 6.66. The van der Waals surface area contributed by atoms with Crippen LogP contribution in [0, 0.1) is 0 Å². The molecule has 6 rings (SSSR count). The molecule has 7 nitrogen and oxygen atoms in total. The lowest BCUT2D eigenvalue weighted by molar-refractivity contribution is -0.374. The Hall–Kier alpha value is -3.56. The van der Waals surface area contributed by atoms with Crippen LogP contribution in [0.15, 0.2) is 115 Å². The predicted molar refractivity (Wildman–Crippen MR) is 156 cm³/mol. The van der Waals surface area contributed by atoms with Crippen LogP contribution in [0.2, 0.25) is 0 Å². The zero-order chi connectivity index (χ0) is 28.6. The second-order valence-corrected chi connectivity index (χ2v) is 10.4. The molecule has 218 valence electrons. The van der Waals surface area contributed by atoms with E-state index in [-0.39, 0.29) is 0 Å². The zero-order valence-electron chi connectivity index (χ0n) is 23.6. The summed E-state index contributed by atoms with van der Waals surface area (Å²) in [5.74, 6) is 0.769. The van der Waals surface area contributed by atoms with Gasteiger partial charge in [-0.3, -0.25) is 0 Å². The monoisotopic (exact) mass is 568 g/mol. The van der Waals surface area contributed by atoms with Gasteiger partial charge in [0.05, 0.1) is 33.5 Å². The molecule has 0 amide bonds. The molecule has 0 N–H and O–H groups in total. The summed E-state index contributed by atoms with van der Waals surface area (Å²) >= 11 is 0. The molecule has 42 heavy (non-hydrogen) atoms. The Morgan fingerprint density at radius 1 is 0.595 bits per heavy atom. The van der Waals surface area contributed by atoms with Crippen LogP contribution in [0.25, 0.3) is 0 Å². The van der Waals surface area contributed by atoms with Crippen LogP contribution in [0.3, 0.4) is 0 Å². The van der Waals surface area contributed by atoms with Gasteiger partial charge in [-0.05, 0) is 28.8 Å². The van der Waals surface area contributed by atoms with Crippen LogP contribution < -0.4 is 4.74 Å². The smallest absolute Gasteiger partial charge is 0.187 e. The lowest BCUT2D eigenvalue weighted by atomic mass is 9.97. The molecule has 7 heteroatoms. The van der Waals surface area contributed by atoms with Crippen LogP contribution in [0.5, 0.6) is 5.75 Å². The van der Waals surface area contributed by atoms with E-state index in [1.165, 1.54) is 0 Å². The highest BCUT2D eigenvalue weighted by Gasteiger charge is 2.52. The summed E-state index contributed by atoms with van der Waals surface area (Å²) in [5, 5.41) is 0. The van der Waals surface area contributed by atoms with E-state index in [1.54, 1.807) is 7.11 Å². The van der Waals surface area contributed by atoms with Crippen LogP contribution in [0.4, 0.5) is 0 Å². The zero-order valence-corrected chi connectivity index (χ0v) is 23.6. The second kappa shape index (κ2) is 14.1. The van der Waals surface area contributed by atoms with E-state index in [0.717, 1.165) is 28.0 Å². The maximum absolute atomic E-state index is 6.66. The van der Waals surface area contributed by atoms with Gasteiger partial charge in [0.2, 0.25) is 0 Å². The van der Waals surface area contributed by atoms with Crippen LogP contribution >= 0.6 is 0 Å². The fraction of sp³-hybridized carbons (Fsp3) is 0.314. The molecule has 4 aromatic carbocycles. The Kier molecular flexibility index (Phi) is 9.57. The summed E-state index contributed by atoms with van der Waals surface area (Å²) in [7, 11) is 1.65. The summed E-state index contributed by atoms with van der Waals surface area (Å²) < 4.78 is 44.2. The van der Waals surface area contributed by atoms with E-state index in [4.69, 9.17) is 33.2 Å². The third kappa shape index (κ3) is 7.07. The highest BCUT2D eigenvalue weighted by Crippen LogP contribution is 2.38. The SMILES string of the molecule is COc1ccc(C2OC[C@H]3O[C@@H](OCc4ccccc4)[C@H](OCc4ccccc4)[C@@H](OCc4ccccc4)[C@@H]3O2)cc1. The molecule has 1 unspecified atom stereocenters. The number of fused-ring (bicyclic) bond motifs is 1. The van der Waals surface area contributed by atoms with Gasteiger partial charge in [-0.1, -0.05) is 103 Å². The van der Waals surface area contributed by atoms with Crippen molar-refractivity contribution in [3.63, 3.8) is 0 Å². The lowest BCUT2D eigenvalue weighted by Crippen LogP contribution is -2.63. The Morgan fingerprint density at radius 3 is 1.67 bits per heavy atom. The molecule has 4 aromatic rings. The first-order valence-electron chi connectivity index (χ1n) is 14.3. The molecule has 6 atom stereocenters. The van der Waals surface area contributed by atoms with E-state index in [1.807, 2.05) is 115 Å². The van der Waals surface area contributed by atoms with Crippen molar-refractivity contribution in [3.05, 3.63) is 138 Å². The van der Waals surface area contributed by atoms with E-state index >= 15 is 0 Å². The molecule has 2 saturated heterocycles. The average Bonchev–Trinajstić information content (AvgIpc) is 3.06. The molecule has 0 aromatic heterocycles. The maximum Gasteiger partial charge on any atom is 0.187 e. The quantitative estimate of drug-likeness (QED) is 0.213. The number of methoxy groups -OCH3 is 1. The number of ether oxygens (including phenoxy) is 7. The molecule has 0 radical (unpaired) electrons. The molecule has 0 spiro atoms. The minimum absolute atomic E-state index is 0.323. The first kappa shape index (κ1) is 28.6. The minimum Gasteiger partial charge on any atom is -0.497 e. The third-order valence-corrected chi connectivity index (χ3v) is 7.50. The second-order valence-electron chi connectivity index (χ2n) is 10.4. The molecule has 2 aliphatic heterocycles. The average molecular weight is 569 g/mol. The van der Waals surface area contributed by atoms with Gasteiger partial charge in [0, 0.05) is 5.56 Å². The molecule has 0 aliphatic carbocycles. The molecule has 0 saturated carbocycles. The number of rotatable bonds is 11. The van der Waals surface area contributed by atoms with Gasteiger partial charge in [-0.25, -0.2) is 0 Å². The van der Waals surface area contributed by atoms with Gasteiger partial charge < -0.3 is 33.2 Å². The van der Waals surface area contributed by atoms with Crippen molar-refractivity contribution in [2.24, 2.45) is 0 Å². The van der Waals surface area contributed by atoms with Gasteiger partial charge >= 0.3 is 0 Å². The van der Waals surface area contributed by atoms with Gasteiger partial charge in [0.1, 0.15) is 30.2 Å². The van der Waals surface area contributed by atoms with Gasteiger partial charge in [-0.2, -0.15) is 0 Å². The largest absolute Gasteiger partial charge is 0.497 e. The van der Waals surface area contributed by atoms with E-state index in [9.17, 15) is 0 Å². The topological polar surface area (TPSA) is 64.6 Å². The lowest BCUT2D eigenvalue weighted by Gasteiger charge is -2.49. The van der Waals surface area contributed by atoms with Crippen molar-refractivity contribution in [1.29, 1.82) is 0 Å². The van der Waals surface area contributed by atoms with Crippen molar-refractivity contribution in [2.75, 3.05) is 13.7 Å². The van der Waals surface area contributed by atoms with E-state index < -0.39 is 37.0 Å². The normalized spacial score (nSPS) is 25.5. The number of benzene rings is 4. The molecule has 0 bridgehead atoms. The molecular formula is C35H36O7. The van der Waals surface area contributed by atoms with Gasteiger partial charge in [0.15, 0.2) is 12.6 Å². The van der Waals surface area contributed by atoms with E-state index in [0.29, 0.717) is 26.4 Å². The van der Waals surface area contributed by atoms with Crippen molar-refractivity contribution in [2.45, 2.75) is 56.8 Å². The highest BCUT2D eigenvalue weighted by molar-refractivity contribution is 5.28. The number of hydrogen-bond donors (Lipinski definition) is 0. The summed E-state index contributed by atoms with van der Waals surface area (Å²) in [4.78, 5) is 0. The van der Waals surface area contributed by atoms with Crippen LogP contribution in [0.1, 0.15) is 28.5 Å². The number of hydrogen-bond acceptors (Lipinski definition) is 7. The summed E-state index contributed by atoms with van der Waals surface area (Å²) in [5.41, 5.74) is 4.04. The molecule has 2 heterocycles. The Labute approximate surface area is 246 Å². The van der Waals surface area contributed by atoms with Crippen molar-refractivity contribution < 1.29 is 33.2 Å². The Bertz CT molecular complexity index is 1350. The standard InChI is InChI=1S/C35H36O7/c1-36-29-19-17-28(18-20-29)34-40-24-30-31(42-34)32(37-21-25-11-5-2-6-12-25)33(38-22-26-13-7-3-8-14-26)35(41-30)39-23-27-15-9-4-10-16-27/h2-20,30-35H,21-24H2,1H3/t30-,31-,32+,33-,34?,35-/m1/s1. The third-order valence-electron chi connectivity index (χ3n) is 7.50. The summed E-state index contributed by atoms with van der Waals surface area (Å²) in [6.45, 7) is 1.46. The highest BCUT2D eigenvalue weighted by atomic mass is 16.8. The van der Waals surface area contributed by atoms with Crippen LogP contribution in [-0.2, 0) is 48.2 Å². The minimum atomic E-state index is -0.694. The van der Waals surface area contributed by atoms with Crippen molar-refractivity contribution in [3.8, 4) is 5.75 Å². The van der Waals surface area contributed by atoms with Crippen molar-refractivity contribution in [1.82, 2.24) is 0 Å². The molecule has 2 aliphatic rings. The fourth-order valence-corrected chi connectivity index (χ4v) is 5.26. The van der Waals surface area contributed by atoms with E-state index in [2.05, 4.69) is 0 Å². The first-order chi connectivity index (χ1) is 20.8. The first-order valence-corrected chi connectivity index (χ1v) is 14.3. The van der Waals surface area contributed by atoms with Gasteiger partial charge in [-0.15, -0.1) is 0 Å². The van der Waals surface area contributed by atoms with Crippen LogP contribution in [-0.4, -0.2) is 44.4 Å².